The number of hydrogen-bond acceptors (Lipinski definition) is 5. The molecule has 1 aliphatic rings. The minimum atomic E-state index is -0.816. The lowest BCUT2D eigenvalue weighted by atomic mass is 10.2. The van der Waals surface area contributed by atoms with Crippen molar-refractivity contribution in [3.8, 4) is 0 Å². The number of rotatable bonds is 2. The zero-order valence-corrected chi connectivity index (χ0v) is 9.29. The summed E-state index contributed by atoms with van der Waals surface area (Å²) in [6.07, 6.45) is -0.581. The van der Waals surface area contributed by atoms with Gasteiger partial charge in [0.1, 0.15) is 12.3 Å². The molecule has 0 bridgehead atoms. The molecule has 0 spiro atoms. The third-order valence-electron chi connectivity index (χ3n) is 2.84. The van der Waals surface area contributed by atoms with E-state index in [2.05, 4.69) is 4.98 Å². The molecule has 2 heterocycles. The largest absolute Gasteiger partial charge is 0.394 e. The molecule has 1 aromatic rings. The van der Waals surface area contributed by atoms with Crippen molar-refractivity contribution in [3.63, 3.8) is 0 Å². The number of nitrogens with one attached hydrogen (secondary N) is 1. The van der Waals surface area contributed by atoms with Gasteiger partial charge in [0.25, 0.3) is 5.56 Å². The first kappa shape index (κ1) is 12.0. The Morgan fingerprint density at radius 3 is 2.88 bits per heavy atom. The summed E-state index contributed by atoms with van der Waals surface area (Å²) >= 11 is 0. The summed E-state index contributed by atoms with van der Waals surface area (Å²) in [7, 11) is 0. The lowest BCUT2D eigenvalue weighted by Gasteiger charge is -2.14. The van der Waals surface area contributed by atoms with Crippen LogP contribution >= 0.6 is 0 Å². The number of aryl methyl sites for hydroxylation is 1. The quantitative estimate of drug-likeness (QED) is 0.584. The molecule has 3 N–H and O–H groups in total. The number of H-pyrrole nitrogens is 1. The van der Waals surface area contributed by atoms with Gasteiger partial charge in [-0.2, -0.15) is 0 Å². The molecule has 1 saturated heterocycles. The van der Waals surface area contributed by atoms with Crippen molar-refractivity contribution in [3.05, 3.63) is 32.6 Å². The Hall–Kier alpha value is -1.44. The average molecular weight is 242 g/mol. The van der Waals surface area contributed by atoms with Crippen LogP contribution < -0.4 is 11.2 Å². The Kier molecular flexibility index (Phi) is 3.14. The van der Waals surface area contributed by atoms with Crippen LogP contribution in [0.15, 0.2) is 15.8 Å². The van der Waals surface area contributed by atoms with E-state index in [1.54, 1.807) is 6.92 Å². The van der Waals surface area contributed by atoms with Gasteiger partial charge in [-0.3, -0.25) is 14.3 Å². The summed E-state index contributed by atoms with van der Waals surface area (Å²) < 4.78 is 6.54. The Bertz CT molecular complexity index is 520. The van der Waals surface area contributed by atoms with Crippen molar-refractivity contribution in [2.24, 2.45) is 0 Å². The Morgan fingerprint density at radius 1 is 1.59 bits per heavy atom. The Labute approximate surface area is 96.3 Å². The van der Waals surface area contributed by atoms with Crippen molar-refractivity contribution in [1.29, 1.82) is 0 Å². The number of aliphatic hydroxyl groups excluding tert-OH is 2. The van der Waals surface area contributed by atoms with Crippen LogP contribution in [-0.4, -0.2) is 38.6 Å². The van der Waals surface area contributed by atoms with Gasteiger partial charge in [-0.15, -0.1) is 0 Å². The fourth-order valence-corrected chi connectivity index (χ4v) is 1.85. The molecule has 0 saturated carbocycles. The van der Waals surface area contributed by atoms with Gasteiger partial charge in [-0.25, -0.2) is 4.79 Å². The molecule has 2 rings (SSSR count). The smallest absolute Gasteiger partial charge is 0.330 e. The molecule has 17 heavy (non-hydrogen) atoms. The zero-order chi connectivity index (χ0) is 12.6. The van der Waals surface area contributed by atoms with E-state index in [0.717, 1.165) is 0 Å². The van der Waals surface area contributed by atoms with Gasteiger partial charge in [-0.05, 0) is 6.92 Å². The molecule has 7 heteroatoms. The normalized spacial score (nSPS) is 28.5. The van der Waals surface area contributed by atoms with E-state index in [1.807, 2.05) is 0 Å². The predicted molar refractivity (Wildman–Crippen MR) is 57.7 cm³/mol. The summed E-state index contributed by atoms with van der Waals surface area (Å²) in [5.74, 6) is 0. The van der Waals surface area contributed by atoms with Crippen molar-refractivity contribution in [2.45, 2.75) is 31.8 Å². The first-order valence-electron chi connectivity index (χ1n) is 5.29. The van der Waals surface area contributed by atoms with Gasteiger partial charge in [0.2, 0.25) is 0 Å². The van der Waals surface area contributed by atoms with Crippen LogP contribution in [-0.2, 0) is 4.74 Å². The molecule has 94 valence electrons. The summed E-state index contributed by atoms with van der Waals surface area (Å²) in [5.41, 5.74) is -0.643. The van der Waals surface area contributed by atoms with Gasteiger partial charge in [0.05, 0.1) is 12.7 Å². The lowest BCUT2D eigenvalue weighted by Crippen LogP contribution is -2.33. The van der Waals surface area contributed by atoms with Crippen LogP contribution in [0.1, 0.15) is 18.2 Å². The van der Waals surface area contributed by atoms with Crippen LogP contribution in [0.25, 0.3) is 0 Å². The first-order chi connectivity index (χ1) is 8.02. The maximum atomic E-state index is 11.6. The van der Waals surface area contributed by atoms with E-state index >= 15 is 0 Å². The molecule has 0 aliphatic carbocycles. The molecule has 1 aliphatic heterocycles. The van der Waals surface area contributed by atoms with E-state index in [-0.39, 0.29) is 13.0 Å². The topological polar surface area (TPSA) is 105 Å². The number of aromatic amines is 1. The van der Waals surface area contributed by atoms with E-state index < -0.39 is 29.7 Å². The highest BCUT2D eigenvalue weighted by Gasteiger charge is 2.34. The molecular weight excluding hydrogens is 228 g/mol. The molecule has 0 aromatic carbocycles. The van der Waals surface area contributed by atoms with Crippen molar-refractivity contribution >= 4 is 0 Å². The summed E-state index contributed by atoms with van der Waals surface area (Å²) in [5, 5.41) is 18.5. The lowest BCUT2D eigenvalue weighted by molar-refractivity contribution is -0.0459. The number of aromatic nitrogens is 2. The number of aliphatic hydroxyl groups is 2. The molecule has 1 unspecified atom stereocenters. The second kappa shape index (κ2) is 4.44. The van der Waals surface area contributed by atoms with E-state index in [0.29, 0.717) is 5.56 Å². The number of ether oxygens (including phenoxy) is 1. The van der Waals surface area contributed by atoms with Crippen molar-refractivity contribution in [1.82, 2.24) is 9.55 Å². The fourth-order valence-electron chi connectivity index (χ4n) is 1.85. The molecular formula is C10H14N2O5. The second-order valence-electron chi connectivity index (χ2n) is 4.09. The molecule has 0 radical (unpaired) electrons. The van der Waals surface area contributed by atoms with Crippen molar-refractivity contribution in [2.75, 3.05) is 6.61 Å². The minimum Gasteiger partial charge on any atom is -0.394 e. The summed E-state index contributed by atoms with van der Waals surface area (Å²) in [4.78, 5) is 24.9. The summed E-state index contributed by atoms with van der Waals surface area (Å²) in [6, 6.07) is 0. The molecule has 1 aromatic heterocycles. The van der Waals surface area contributed by atoms with Gasteiger partial charge in [-0.1, -0.05) is 0 Å². The number of hydrogen-bond donors (Lipinski definition) is 3. The SMILES string of the molecule is Cc1cn([C@@H]2CC(O)[C@@H](CO)O2)c(=O)[nH]c1=O. The van der Waals surface area contributed by atoms with Gasteiger partial charge in [0, 0.05) is 18.2 Å². The third-order valence-corrected chi connectivity index (χ3v) is 2.84. The highest BCUT2D eigenvalue weighted by atomic mass is 16.5. The van der Waals surface area contributed by atoms with Crippen LogP contribution in [0.5, 0.6) is 0 Å². The maximum absolute atomic E-state index is 11.6. The zero-order valence-electron chi connectivity index (χ0n) is 9.29. The van der Waals surface area contributed by atoms with Crippen LogP contribution in [0.2, 0.25) is 0 Å². The van der Waals surface area contributed by atoms with Gasteiger partial charge >= 0.3 is 5.69 Å². The van der Waals surface area contributed by atoms with Crippen LogP contribution in [0.4, 0.5) is 0 Å². The number of nitrogens with zero attached hydrogens (tertiary/aromatic N) is 1. The highest BCUT2D eigenvalue weighted by molar-refractivity contribution is 5.02. The molecule has 3 atom stereocenters. The second-order valence-corrected chi connectivity index (χ2v) is 4.09. The molecule has 7 nitrogen and oxygen atoms in total. The Morgan fingerprint density at radius 2 is 2.29 bits per heavy atom. The standard InChI is InChI=1S/C10H14N2O5/c1-5-3-12(10(16)11-9(5)15)8-2-6(14)7(4-13)17-8/h3,6-8,13-14H,2,4H2,1H3,(H,11,15,16)/t6?,7-,8+/m1/s1. The van der Waals surface area contributed by atoms with Gasteiger partial charge < -0.3 is 14.9 Å². The fraction of sp³-hybridized carbons (Fsp3) is 0.600. The highest BCUT2D eigenvalue weighted by Crippen LogP contribution is 2.27. The van der Waals surface area contributed by atoms with Crippen LogP contribution in [0, 0.1) is 6.92 Å². The monoisotopic (exact) mass is 242 g/mol. The van der Waals surface area contributed by atoms with E-state index in [9.17, 15) is 14.7 Å². The van der Waals surface area contributed by atoms with Gasteiger partial charge in [0.15, 0.2) is 0 Å². The molecule has 0 amide bonds. The third kappa shape index (κ3) is 2.17. The predicted octanol–water partition coefficient (Wildman–Crippen LogP) is -1.51. The van der Waals surface area contributed by atoms with Crippen LogP contribution in [0.3, 0.4) is 0 Å². The van der Waals surface area contributed by atoms with E-state index in [4.69, 9.17) is 9.84 Å². The first-order valence-corrected chi connectivity index (χ1v) is 5.29. The maximum Gasteiger partial charge on any atom is 0.330 e. The average Bonchev–Trinajstić information content (AvgIpc) is 2.65. The van der Waals surface area contributed by atoms with E-state index in [1.165, 1.54) is 10.8 Å². The minimum absolute atomic E-state index is 0.205. The molecule has 1 fully saturated rings. The summed E-state index contributed by atoms with van der Waals surface area (Å²) in [6.45, 7) is 1.26. The van der Waals surface area contributed by atoms with Crippen molar-refractivity contribution < 1.29 is 14.9 Å². The Balaban J connectivity index is 2.34.